The molecule has 5 heteroatoms. The van der Waals surface area contributed by atoms with Gasteiger partial charge in [-0.1, -0.05) is 13.8 Å². The zero-order valence-electron chi connectivity index (χ0n) is 12.1. The highest BCUT2D eigenvalue weighted by atomic mass is 79.9. The largest absolute Gasteiger partial charge is 0.487 e. The fourth-order valence-electron chi connectivity index (χ4n) is 1.78. The van der Waals surface area contributed by atoms with Crippen LogP contribution in [0.1, 0.15) is 25.1 Å². The van der Waals surface area contributed by atoms with E-state index in [-0.39, 0.29) is 5.82 Å². The van der Waals surface area contributed by atoms with Gasteiger partial charge in [0.1, 0.15) is 18.2 Å². The van der Waals surface area contributed by atoms with Gasteiger partial charge in [-0.05, 0) is 46.3 Å². The lowest BCUT2D eigenvalue weighted by Crippen LogP contribution is -2.22. The minimum absolute atomic E-state index is 0.260. The summed E-state index contributed by atoms with van der Waals surface area (Å²) < 4.78 is 20.1. The van der Waals surface area contributed by atoms with Crippen LogP contribution < -0.4 is 10.1 Å². The predicted octanol–water partition coefficient (Wildman–Crippen LogP) is 4.06. The van der Waals surface area contributed by atoms with Crippen molar-refractivity contribution in [3.8, 4) is 5.75 Å². The van der Waals surface area contributed by atoms with Gasteiger partial charge in [0, 0.05) is 28.8 Å². The Kier molecular flexibility index (Phi) is 5.70. The van der Waals surface area contributed by atoms with Gasteiger partial charge in [-0.15, -0.1) is 0 Å². The number of rotatable bonds is 6. The highest BCUT2D eigenvalue weighted by Crippen LogP contribution is 2.21. The molecule has 0 atom stereocenters. The molecule has 0 saturated carbocycles. The van der Waals surface area contributed by atoms with Crippen LogP contribution in [-0.4, -0.2) is 11.0 Å². The molecule has 0 saturated heterocycles. The average Bonchev–Trinajstić information content (AvgIpc) is 2.45. The molecular formula is C16H18BrFN2O. The van der Waals surface area contributed by atoms with Crippen LogP contribution in [0.25, 0.3) is 0 Å². The van der Waals surface area contributed by atoms with Crippen LogP contribution in [0.5, 0.6) is 5.75 Å². The van der Waals surface area contributed by atoms with Gasteiger partial charge in [0.25, 0.3) is 0 Å². The molecule has 1 heterocycles. The van der Waals surface area contributed by atoms with E-state index in [1.807, 2.05) is 26.0 Å². The summed E-state index contributed by atoms with van der Waals surface area (Å²) >= 11 is 3.34. The maximum absolute atomic E-state index is 13.4. The summed E-state index contributed by atoms with van der Waals surface area (Å²) in [7, 11) is 0. The zero-order chi connectivity index (χ0) is 15.2. The molecule has 0 aliphatic rings. The van der Waals surface area contributed by atoms with E-state index in [0.29, 0.717) is 24.9 Å². The van der Waals surface area contributed by atoms with Crippen LogP contribution in [0.3, 0.4) is 0 Å². The zero-order valence-corrected chi connectivity index (χ0v) is 13.7. The van der Waals surface area contributed by atoms with Gasteiger partial charge in [-0.3, -0.25) is 4.98 Å². The molecule has 1 aromatic carbocycles. The average molecular weight is 353 g/mol. The molecule has 2 rings (SSSR count). The highest BCUT2D eigenvalue weighted by Gasteiger charge is 2.07. The van der Waals surface area contributed by atoms with Crippen LogP contribution >= 0.6 is 15.9 Å². The maximum atomic E-state index is 13.4. The molecule has 0 spiro atoms. The molecule has 21 heavy (non-hydrogen) atoms. The Balaban J connectivity index is 2.06. The number of nitrogens with one attached hydrogen (secondary N) is 1. The molecule has 0 unspecified atom stereocenters. The Bertz CT molecular complexity index is 587. The number of halogens is 2. The van der Waals surface area contributed by atoms with Gasteiger partial charge in [0.15, 0.2) is 0 Å². The molecule has 112 valence electrons. The minimum Gasteiger partial charge on any atom is -0.487 e. The van der Waals surface area contributed by atoms with Crippen molar-refractivity contribution in [3.05, 3.63) is 58.1 Å². The Hall–Kier alpha value is -1.46. The number of benzene rings is 1. The minimum atomic E-state index is -0.260. The van der Waals surface area contributed by atoms with Gasteiger partial charge >= 0.3 is 0 Å². The summed E-state index contributed by atoms with van der Waals surface area (Å²) in [6, 6.07) is 8.69. The molecule has 0 amide bonds. The lowest BCUT2D eigenvalue weighted by molar-refractivity contribution is 0.296. The molecule has 0 bridgehead atoms. The Morgan fingerprint density at radius 3 is 2.76 bits per heavy atom. The molecule has 1 aromatic heterocycles. The lowest BCUT2D eigenvalue weighted by atomic mass is 10.2. The third-order valence-electron chi connectivity index (χ3n) is 2.89. The first kappa shape index (κ1) is 15.9. The summed E-state index contributed by atoms with van der Waals surface area (Å²) in [5.41, 5.74) is 1.63. The van der Waals surface area contributed by atoms with Crippen molar-refractivity contribution in [2.45, 2.75) is 33.0 Å². The number of hydrogen-bond donors (Lipinski definition) is 1. The van der Waals surface area contributed by atoms with Gasteiger partial charge < -0.3 is 10.1 Å². The Labute approximate surface area is 132 Å². The number of pyridine rings is 1. The summed E-state index contributed by atoms with van der Waals surface area (Å²) in [5.74, 6) is 0.416. The molecule has 2 aromatic rings. The van der Waals surface area contributed by atoms with E-state index < -0.39 is 0 Å². The van der Waals surface area contributed by atoms with Gasteiger partial charge in [0.2, 0.25) is 0 Å². The van der Waals surface area contributed by atoms with E-state index >= 15 is 0 Å². The van der Waals surface area contributed by atoms with Crippen LogP contribution in [0.15, 0.2) is 41.0 Å². The number of ether oxygens (including phenoxy) is 1. The second-order valence-corrected chi connectivity index (χ2v) is 5.96. The van der Waals surface area contributed by atoms with E-state index in [1.165, 1.54) is 12.1 Å². The van der Waals surface area contributed by atoms with Crippen LogP contribution in [-0.2, 0) is 13.2 Å². The Morgan fingerprint density at radius 2 is 2.10 bits per heavy atom. The van der Waals surface area contributed by atoms with Crippen molar-refractivity contribution >= 4 is 15.9 Å². The summed E-state index contributed by atoms with van der Waals surface area (Å²) in [4.78, 5) is 4.25. The summed E-state index contributed by atoms with van der Waals surface area (Å²) in [5, 5.41) is 3.27. The van der Waals surface area contributed by atoms with Crippen molar-refractivity contribution in [1.29, 1.82) is 0 Å². The first-order chi connectivity index (χ1) is 10.0. The lowest BCUT2D eigenvalue weighted by Gasteiger charge is -2.14. The SMILES string of the molecule is CC(C)NCc1cc(F)ccc1OCc1ccc(Br)cn1. The predicted molar refractivity (Wildman–Crippen MR) is 84.6 cm³/mol. The van der Waals surface area contributed by atoms with Crippen molar-refractivity contribution in [3.63, 3.8) is 0 Å². The second kappa shape index (κ2) is 7.52. The number of hydrogen-bond acceptors (Lipinski definition) is 3. The smallest absolute Gasteiger partial charge is 0.130 e. The second-order valence-electron chi connectivity index (χ2n) is 5.04. The molecule has 1 N–H and O–H groups in total. The standard InChI is InChI=1S/C16H18BrFN2O/c1-11(2)19-8-12-7-14(18)4-6-16(12)21-10-15-5-3-13(17)9-20-15/h3-7,9,11,19H,8,10H2,1-2H3. The first-order valence-electron chi connectivity index (χ1n) is 6.79. The van der Waals surface area contributed by atoms with Gasteiger partial charge in [-0.25, -0.2) is 4.39 Å². The molecule has 0 radical (unpaired) electrons. The van der Waals surface area contributed by atoms with E-state index in [9.17, 15) is 4.39 Å². The molecule has 3 nitrogen and oxygen atoms in total. The highest BCUT2D eigenvalue weighted by molar-refractivity contribution is 9.10. The Morgan fingerprint density at radius 1 is 1.29 bits per heavy atom. The number of aromatic nitrogens is 1. The van der Waals surface area contributed by atoms with E-state index in [1.54, 1.807) is 12.3 Å². The van der Waals surface area contributed by atoms with E-state index in [0.717, 1.165) is 15.7 Å². The van der Waals surface area contributed by atoms with Gasteiger partial charge in [-0.2, -0.15) is 0 Å². The summed E-state index contributed by atoms with van der Waals surface area (Å²) in [6.45, 7) is 5.02. The molecule has 0 aliphatic heterocycles. The normalized spacial score (nSPS) is 10.9. The third kappa shape index (κ3) is 5.10. The van der Waals surface area contributed by atoms with E-state index in [4.69, 9.17) is 4.74 Å². The fourth-order valence-corrected chi connectivity index (χ4v) is 2.02. The maximum Gasteiger partial charge on any atom is 0.130 e. The molecule has 0 fully saturated rings. The van der Waals surface area contributed by atoms with Crippen LogP contribution in [0, 0.1) is 5.82 Å². The molecule has 0 aliphatic carbocycles. The number of nitrogens with zero attached hydrogens (tertiary/aromatic N) is 1. The van der Waals surface area contributed by atoms with Crippen LogP contribution in [0.4, 0.5) is 4.39 Å². The van der Waals surface area contributed by atoms with Crippen LogP contribution in [0.2, 0.25) is 0 Å². The van der Waals surface area contributed by atoms with Crippen molar-refractivity contribution in [2.24, 2.45) is 0 Å². The fraction of sp³-hybridized carbons (Fsp3) is 0.312. The first-order valence-corrected chi connectivity index (χ1v) is 7.59. The quantitative estimate of drug-likeness (QED) is 0.851. The van der Waals surface area contributed by atoms with Gasteiger partial charge in [0.05, 0.1) is 5.69 Å². The summed E-state index contributed by atoms with van der Waals surface area (Å²) in [6.07, 6.45) is 1.73. The third-order valence-corrected chi connectivity index (χ3v) is 3.36. The topological polar surface area (TPSA) is 34.1 Å². The van der Waals surface area contributed by atoms with Crippen molar-refractivity contribution in [1.82, 2.24) is 10.3 Å². The van der Waals surface area contributed by atoms with E-state index in [2.05, 4.69) is 26.2 Å². The monoisotopic (exact) mass is 352 g/mol. The van der Waals surface area contributed by atoms with Crippen molar-refractivity contribution < 1.29 is 9.13 Å². The molecular weight excluding hydrogens is 335 g/mol. The van der Waals surface area contributed by atoms with Crippen molar-refractivity contribution in [2.75, 3.05) is 0 Å².